The zero-order valence-electron chi connectivity index (χ0n) is 13.6. The highest BCUT2D eigenvalue weighted by Crippen LogP contribution is 2.29. The topological polar surface area (TPSA) is 127 Å². The summed E-state index contributed by atoms with van der Waals surface area (Å²) in [5.41, 5.74) is 4.96. The number of Topliss-reactive ketones (excluding diaryl/α,β-unsaturated/α-hetero) is 1. The van der Waals surface area contributed by atoms with E-state index in [4.69, 9.17) is 5.73 Å². The summed E-state index contributed by atoms with van der Waals surface area (Å²) in [4.78, 5) is 36.1. The molecule has 135 valence electrons. The van der Waals surface area contributed by atoms with Crippen LogP contribution < -0.4 is 11.1 Å². The van der Waals surface area contributed by atoms with Crippen LogP contribution in [0.4, 0.5) is 4.79 Å². The lowest BCUT2D eigenvalue weighted by molar-refractivity contribution is -0.131. The maximum atomic E-state index is 12.5. The third kappa shape index (κ3) is 4.32. The van der Waals surface area contributed by atoms with Crippen molar-refractivity contribution in [3.63, 3.8) is 0 Å². The van der Waals surface area contributed by atoms with Crippen LogP contribution in [0.3, 0.4) is 0 Å². The van der Waals surface area contributed by atoms with Gasteiger partial charge in [0.1, 0.15) is 6.04 Å². The highest BCUT2D eigenvalue weighted by atomic mass is 32.2. The van der Waals surface area contributed by atoms with Gasteiger partial charge in [-0.15, -0.1) is 0 Å². The van der Waals surface area contributed by atoms with Gasteiger partial charge in [0.05, 0.1) is 13.0 Å². The van der Waals surface area contributed by atoms with Crippen molar-refractivity contribution in [3.8, 4) is 0 Å². The normalized spacial score (nSPS) is 23.0. The van der Waals surface area contributed by atoms with Gasteiger partial charge in [-0.1, -0.05) is 25.7 Å². The summed E-state index contributed by atoms with van der Waals surface area (Å²) in [7, 11) is -4.69. The van der Waals surface area contributed by atoms with Gasteiger partial charge < -0.3 is 11.1 Å². The van der Waals surface area contributed by atoms with E-state index in [-0.39, 0.29) is 13.0 Å². The minimum Gasteiger partial charge on any atom is -0.355 e. The van der Waals surface area contributed by atoms with E-state index in [1.807, 2.05) is 0 Å². The highest BCUT2D eigenvalue weighted by Gasteiger charge is 2.41. The lowest BCUT2D eigenvalue weighted by Gasteiger charge is -2.28. The molecular weight excluding hydrogens is 334 g/mol. The molecule has 1 saturated heterocycles. The molecule has 1 saturated carbocycles. The van der Waals surface area contributed by atoms with E-state index in [0.717, 1.165) is 25.7 Å². The Balaban J connectivity index is 2.19. The number of nitrogens with one attached hydrogen (secondary N) is 1. The zero-order valence-corrected chi connectivity index (χ0v) is 14.4. The number of carbonyl (C=O) groups excluding carboxylic acids is 3. The van der Waals surface area contributed by atoms with E-state index in [9.17, 15) is 22.8 Å². The largest absolute Gasteiger partial charge is 0.355 e. The molecule has 24 heavy (non-hydrogen) atoms. The van der Waals surface area contributed by atoms with Crippen molar-refractivity contribution >= 4 is 27.0 Å². The van der Waals surface area contributed by atoms with Gasteiger partial charge in [0.15, 0.2) is 5.78 Å². The lowest BCUT2D eigenvalue weighted by atomic mass is 10.0. The SMILES string of the molecule is NC(=O)S(=O)(=O)N(C(=O)[CH]CC1CCCC1)[C@H]1CCCNCC1=O. The van der Waals surface area contributed by atoms with Crippen LogP contribution in [0.5, 0.6) is 0 Å². The second-order valence-corrected chi connectivity index (χ2v) is 8.10. The van der Waals surface area contributed by atoms with Crippen molar-refractivity contribution in [3.05, 3.63) is 6.42 Å². The van der Waals surface area contributed by atoms with Crippen LogP contribution in [0, 0.1) is 12.3 Å². The Morgan fingerprint density at radius 2 is 1.88 bits per heavy atom. The molecule has 2 fully saturated rings. The first kappa shape index (κ1) is 18.9. The third-order valence-corrected chi connectivity index (χ3v) is 6.08. The standard InChI is InChI=1S/C15H24N3O5S/c16-15(21)24(22,23)18(12-6-3-9-17-10-13(12)19)14(20)8-7-11-4-1-2-5-11/h8,11-12,17H,1-7,9-10H2,(H2,16,21)/t12-/m0/s1. The Bertz CT molecular complexity index is 598. The van der Waals surface area contributed by atoms with E-state index < -0.39 is 33.0 Å². The van der Waals surface area contributed by atoms with Crippen LogP contribution in [-0.2, 0) is 19.6 Å². The maximum absolute atomic E-state index is 12.5. The Labute approximate surface area is 142 Å². The molecule has 0 spiro atoms. The van der Waals surface area contributed by atoms with Crippen LogP contribution in [0.15, 0.2) is 0 Å². The van der Waals surface area contributed by atoms with Crippen molar-refractivity contribution in [2.75, 3.05) is 13.1 Å². The molecule has 0 bridgehead atoms. The van der Waals surface area contributed by atoms with Gasteiger partial charge in [-0.25, -0.2) is 4.31 Å². The molecule has 3 N–H and O–H groups in total. The summed E-state index contributed by atoms with van der Waals surface area (Å²) < 4.78 is 24.9. The molecule has 1 radical (unpaired) electrons. The van der Waals surface area contributed by atoms with Crippen molar-refractivity contribution in [1.29, 1.82) is 0 Å². The second-order valence-electron chi connectivity index (χ2n) is 6.35. The second kappa shape index (κ2) is 8.06. The minimum atomic E-state index is -4.69. The van der Waals surface area contributed by atoms with Crippen molar-refractivity contribution < 1.29 is 22.8 Å². The van der Waals surface area contributed by atoms with Gasteiger partial charge in [0, 0.05) is 0 Å². The molecule has 0 aromatic heterocycles. The molecule has 1 atom stereocenters. The van der Waals surface area contributed by atoms with Crippen molar-refractivity contribution in [2.45, 2.75) is 51.0 Å². The predicted octanol–water partition coefficient (Wildman–Crippen LogP) is 0.329. The Morgan fingerprint density at radius 1 is 1.21 bits per heavy atom. The number of ketones is 1. The molecular formula is C15H24N3O5S. The number of sulfonamides is 1. The molecule has 2 aliphatic rings. The molecule has 0 unspecified atom stereocenters. The number of carbonyl (C=O) groups is 3. The number of hydrogen-bond acceptors (Lipinski definition) is 6. The fourth-order valence-corrected chi connectivity index (χ4v) is 4.36. The quantitative estimate of drug-likeness (QED) is 0.745. The Morgan fingerprint density at radius 3 is 2.50 bits per heavy atom. The first-order valence-electron chi connectivity index (χ1n) is 8.28. The van der Waals surface area contributed by atoms with Gasteiger partial charge in [-0.05, 0) is 31.7 Å². The summed E-state index contributed by atoms with van der Waals surface area (Å²) in [6.07, 6.45) is 6.63. The Hall–Kier alpha value is -1.48. The lowest BCUT2D eigenvalue weighted by Crippen LogP contribution is -2.52. The molecule has 2 amide bonds. The molecule has 1 heterocycles. The molecule has 1 aliphatic carbocycles. The predicted molar refractivity (Wildman–Crippen MR) is 87.1 cm³/mol. The van der Waals surface area contributed by atoms with Crippen molar-refractivity contribution in [1.82, 2.24) is 9.62 Å². The van der Waals surface area contributed by atoms with E-state index in [0.29, 0.717) is 29.6 Å². The maximum Gasteiger partial charge on any atom is 0.354 e. The van der Waals surface area contributed by atoms with Crippen LogP contribution in [-0.4, -0.2) is 48.8 Å². The molecule has 2 rings (SSSR count). The number of nitrogens with zero attached hydrogens (tertiary/aromatic N) is 1. The van der Waals surface area contributed by atoms with Crippen LogP contribution >= 0.6 is 0 Å². The molecule has 9 heteroatoms. The summed E-state index contributed by atoms with van der Waals surface area (Å²) >= 11 is 0. The summed E-state index contributed by atoms with van der Waals surface area (Å²) in [5, 5.41) is 1.25. The summed E-state index contributed by atoms with van der Waals surface area (Å²) in [5.74, 6) is -0.917. The average Bonchev–Trinajstić information content (AvgIpc) is 2.96. The molecule has 0 aromatic rings. The first-order valence-corrected chi connectivity index (χ1v) is 9.72. The van der Waals surface area contributed by atoms with Crippen molar-refractivity contribution in [2.24, 2.45) is 11.7 Å². The molecule has 0 aromatic carbocycles. The average molecular weight is 358 g/mol. The van der Waals surface area contributed by atoms with E-state index >= 15 is 0 Å². The molecule has 8 nitrogen and oxygen atoms in total. The fraction of sp³-hybridized carbons (Fsp3) is 0.733. The monoisotopic (exact) mass is 358 g/mol. The number of rotatable bonds is 4. The smallest absolute Gasteiger partial charge is 0.354 e. The number of hydrogen-bond donors (Lipinski definition) is 2. The minimum absolute atomic E-state index is 0.0364. The van der Waals surface area contributed by atoms with Crippen LogP contribution in [0.1, 0.15) is 44.9 Å². The molecule has 1 aliphatic heterocycles. The van der Waals surface area contributed by atoms with E-state index in [2.05, 4.69) is 5.32 Å². The highest BCUT2D eigenvalue weighted by molar-refractivity contribution is 8.04. The van der Waals surface area contributed by atoms with Gasteiger partial charge in [0.2, 0.25) is 5.91 Å². The third-order valence-electron chi connectivity index (χ3n) is 4.62. The van der Waals surface area contributed by atoms with Gasteiger partial charge >= 0.3 is 15.3 Å². The Kier molecular flexibility index (Phi) is 6.34. The van der Waals surface area contributed by atoms with Crippen LogP contribution in [0.25, 0.3) is 0 Å². The van der Waals surface area contributed by atoms with E-state index in [1.54, 1.807) is 0 Å². The summed E-state index contributed by atoms with van der Waals surface area (Å²) in [6.45, 7) is 0.512. The number of primary amides is 1. The number of amides is 2. The van der Waals surface area contributed by atoms with Gasteiger partial charge in [0.25, 0.3) is 0 Å². The van der Waals surface area contributed by atoms with E-state index in [1.165, 1.54) is 6.42 Å². The number of nitrogens with two attached hydrogens (primary N) is 1. The first-order chi connectivity index (χ1) is 11.3. The van der Waals surface area contributed by atoms with Crippen LogP contribution in [0.2, 0.25) is 0 Å². The summed E-state index contributed by atoms with van der Waals surface area (Å²) in [6, 6.07) is -1.18. The fourth-order valence-electron chi connectivity index (χ4n) is 3.30. The van der Waals surface area contributed by atoms with Gasteiger partial charge in [-0.2, -0.15) is 8.42 Å². The van der Waals surface area contributed by atoms with Gasteiger partial charge in [-0.3, -0.25) is 14.4 Å². The zero-order chi connectivity index (χ0) is 17.7.